The van der Waals surface area contributed by atoms with Crippen molar-refractivity contribution in [3.63, 3.8) is 0 Å². The molecule has 0 aromatic carbocycles. The molecule has 1 rings (SSSR count). The normalized spacial score (nSPS) is 10.2. The van der Waals surface area contributed by atoms with Crippen LogP contribution in [0.5, 0.6) is 0 Å². The highest BCUT2D eigenvalue weighted by Gasteiger charge is 2.06. The van der Waals surface area contributed by atoms with E-state index in [2.05, 4.69) is 41.7 Å². The van der Waals surface area contributed by atoms with Gasteiger partial charge in [-0.25, -0.2) is 4.98 Å². The number of halogens is 3. The number of nitrogens with zero attached hydrogens (tertiary/aromatic N) is 2. The van der Waals surface area contributed by atoms with Crippen molar-refractivity contribution < 1.29 is 0 Å². The van der Waals surface area contributed by atoms with Crippen LogP contribution in [0.4, 0.5) is 5.82 Å². The zero-order valence-corrected chi connectivity index (χ0v) is 11.0. The van der Waals surface area contributed by atoms with Gasteiger partial charge < -0.3 is 4.90 Å². The quantitative estimate of drug-likeness (QED) is 0.791. The summed E-state index contributed by atoms with van der Waals surface area (Å²) in [5, 5.41) is 1.56. The molecular formula is C8H9Br2ClN2. The number of anilines is 1. The monoisotopic (exact) mass is 326 g/mol. The molecule has 0 radical (unpaired) electrons. The Balaban J connectivity index is 2.88. The molecule has 0 fully saturated rings. The van der Waals surface area contributed by atoms with Gasteiger partial charge in [0.25, 0.3) is 0 Å². The van der Waals surface area contributed by atoms with E-state index in [4.69, 9.17) is 11.6 Å². The van der Waals surface area contributed by atoms with Crippen molar-refractivity contribution in [1.29, 1.82) is 0 Å². The number of alkyl halides is 1. The summed E-state index contributed by atoms with van der Waals surface area (Å²) in [6, 6.07) is 1.84. The van der Waals surface area contributed by atoms with E-state index in [0.29, 0.717) is 5.02 Å². The van der Waals surface area contributed by atoms with Gasteiger partial charge in [0.1, 0.15) is 5.82 Å². The molecule has 1 aromatic heterocycles. The van der Waals surface area contributed by atoms with Crippen LogP contribution in [-0.2, 0) is 0 Å². The lowest BCUT2D eigenvalue weighted by atomic mass is 10.4. The van der Waals surface area contributed by atoms with Crippen LogP contribution in [0.2, 0.25) is 5.02 Å². The van der Waals surface area contributed by atoms with Gasteiger partial charge in [-0.1, -0.05) is 27.5 Å². The molecule has 13 heavy (non-hydrogen) atoms. The smallest absolute Gasteiger partial charge is 0.142 e. The average Bonchev–Trinajstić information content (AvgIpc) is 2.04. The van der Waals surface area contributed by atoms with Crippen molar-refractivity contribution in [3.05, 3.63) is 21.8 Å². The topological polar surface area (TPSA) is 16.1 Å². The Labute approximate surface area is 99.5 Å². The summed E-state index contributed by atoms with van der Waals surface area (Å²) >= 11 is 12.6. The number of pyridine rings is 1. The third kappa shape index (κ3) is 3.11. The standard InChI is InChI=1S/C8H9Br2ClN2/c1-13(3-2-9)8-7(10)4-6(11)5-12-8/h4-5H,2-3H2,1H3. The lowest BCUT2D eigenvalue weighted by Crippen LogP contribution is -2.20. The first-order valence-corrected chi connectivity index (χ1v) is 6.02. The van der Waals surface area contributed by atoms with E-state index in [0.717, 1.165) is 22.2 Å². The lowest BCUT2D eigenvalue weighted by Gasteiger charge is -2.17. The Kier molecular flexibility index (Phi) is 4.49. The van der Waals surface area contributed by atoms with Gasteiger partial charge in [0.15, 0.2) is 0 Å². The predicted octanol–water partition coefficient (Wildman–Crippen LogP) is 3.33. The van der Waals surface area contributed by atoms with Crippen molar-refractivity contribution in [1.82, 2.24) is 4.98 Å². The molecule has 0 spiro atoms. The number of hydrogen-bond donors (Lipinski definition) is 0. The average molecular weight is 328 g/mol. The van der Waals surface area contributed by atoms with Crippen molar-refractivity contribution in [2.24, 2.45) is 0 Å². The molecule has 72 valence electrons. The largest absolute Gasteiger partial charge is 0.358 e. The van der Waals surface area contributed by atoms with Gasteiger partial charge in [0, 0.05) is 25.1 Å². The first-order valence-electron chi connectivity index (χ1n) is 3.73. The third-order valence-electron chi connectivity index (χ3n) is 1.57. The van der Waals surface area contributed by atoms with Crippen LogP contribution in [0.3, 0.4) is 0 Å². The summed E-state index contributed by atoms with van der Waals surface area (Å²) in [4.78, 5) is 6.27. The van der Waals surface area contributed by atoms with Gasteiger partial charge in [-0.15, -0.1) is 0 Å². The Morgan fingerprint density at radius 3 is 2.85 bits per heavy atom. The lowest BCUT2D eigenvalue weighted by molar-refractivity contribution is 0.945. The summed E-state index contributed by atoms with van der Waals surface area (Å²) in [6.07, 6.45) is 1.65. The van der Waals surface area contributed by atoms with Crippen LogP contribution in [0, 0.1) is 0 Å². The second-order valence-corrected chi connectivity index (χ2v) is 4.65. The molecule has 0 aliphatic heterocycles. The Morgan fingerprint density at radius 1 is 1.62 bits per heavy atom. The summed E-state index contributed by atoms with van der Waals surface area (Å²) in [7, 11) is 1.99. The van der Waals surface area contributed by atoms with Crippen LogP contribution in [0.15, 0.2) is 16.7 Å². The molecule has 0 bridgehead atoms. The van der Waals surface area contributed by atoms with Crippen molar-refractivity contribution in [3.8, 4) is 0 Å². The van der Waals surface area contributed by atoms with Crippen LogP contribution >= 0.6 is 43.5 Å². The van der Waals surface area contributed by atoms with E-state index in [1.165, 1.54) is 0 Å². The second-order valence-electron chi connectivity index (χ2n) is 2.57. The highest BCUT2D eigenvalue weighted by Crippen LogP contribution is 2.25. The molecule has 0 N–H and O–H groups in total. The summed E-state index contributed by atoms with van der Waals surface area (Å²) < 4.78 is 0.920. The van der Waals surface area contributed by atoms with Gasteiger partial charge in [-0.05, 0) is 22.0 Å². The molecule has 0 aliphatic carbocycles. The van der Waals surface area contributed by atoms with Crippen LogP contribution in [-0.4, -0.2) is 23.9 Å². The van der Waals surface area contributed by atoms with E-state index in [-0.39, 0.29) is 0 Å². The zero-order chi connectivity index (χ0) is 9.84. The Hall–Kier alpha value is 0.200. The minimum Gasteiger partial charge on any atom is -0.358 e. The van der Waals surface area contributed by atoms with E-state index >= 15 is 0 Å². The predicted molar refractivity (Wildman–Crippen MR) is 64.0 cm³/mol. The van der Waals surface area contributed by atoms with Gasteiger partial charge in [-0.3, -0.25) is 0 Å². The third-order valence-corrected chi connectivity index (χ3v) is 2.71. The molecule has 2 nitrogen and oxygen atoms in total. The summed E-state index contributed by atoms with van der Waals surface area (Å²) in [6.45, 7) is 0.910. The van der Waals surface area contributed by atoms with Crippen molar-refractivity contribution in [2.45, 2.75) is 0 Å². The van der Waals surface area contributed by atoms with Gasteiger partial charge in [0.05, 0.1) is 9.50 Å². The molecule has 0 atom stereocenters. The van der Waals surface area contributed by atoms with E-state index < -0.39 is 0 Å². The highest BCUT2D eigenvalue weighted by molar-refractivity contribution is 9.10. The highest BCUT2D eigenvalue weighted by atomic mass is 79.9. The molecule has 5 heteroatoms. The van der Waals surface area contributed by atoms with Crippen LogP contribution < -0.4 is 4.90 Å². The number of aromatic nitrogens is 1. The van der Waals surface area contributed by atoms with E-state index in [1.54, 1.807) is 6.20 Å². The molecule has 0 amide bonds. The fraction of sp³-hybridized carbons (Fsp3) is 0.375. The fourth-order valence-electron chi connectivity index (χ4n) is 0.921. The summed E-state index contributed by atoms with van der Waals surface area (Å²) in [5.74, 6) is 0.906. The molecule has 0 saturated carbocycles. The van der Waals surface area contributed by atoms with E-state index in [9.17, 15) is 0 Å². The van der Waals surface area contributed by atoms with Crippen LogP contribution in [0.1, 0.15) is 0 Å². The Morgan fingerprint density at radius 2 is 2.31 bits per heavy atom. The first-order chi connectivity index (χ1) is 6.15. The second kappa shape index (κ2) is 5.17. The summed E-state index contributed by atoms with van der Waals surface area (Å²) in [5.41, 5.74) is 0. The van der Waals surface area contributed by atoms with Crippen molar-refractivity contribution in [2.75, 3.05) is 23.8 Å². The SMILES string of the molecule is CN(CCBr)c1ncc(Cl)cc1Br. The molecular weight excluding hydrogens is 319 g/mol. The van der Waals surface area contributed by atoms with Crippen molar-refractivity contribution >= 4 is 49.3 Å². The molecule has 1 aromatic rings. The van der Waals surface area contributed by atoms with Gasteiger partial charge in [-0.2, -0.15) is 0 Å². The molecule has 0 aliphatic rings. The number of rotatable bonds is 3. The maximum atomic E-state index is 5.78. The molecule has 0 unspecified atom stereocenters. The molecule has 1 heterocycles. The van der Waals surface area contributed by atoms with E-state index in [1.807, 2.05) is 13.1 Å². The molecule has 0 saturated heterocycles. The zero-order valence-electron chi connectivity index (χ0n) is 7.10. The maximum Gasteiger partial charge on any atom is 0.142 e. The number of hydrogen-bond acceptors (Lipinski definition) is 2. The fourth-order valence-corrected chi connectivity index (χ4v) is 2.39. The maximum absolute atomic E-state index is 5.78. The first kappa shape index (κ1) is 11.3. The minimum absolute atomic E-state index is 0.642. The Bertz CT molecular complexity index is 293. The van der Waals surface area contributed by atoms with Gasteiger partial charge in [0.2, 0.25) is 0 Å². The van der Waals surface area contributed by atoms with Gasteiger partial charge >= 0.3 is 0 Å². The minimum atomic E-state index is 0.642. The van der Waals surface area contributed by atoms with Crippen LogP contribution in [0.25, 0.3) is 0 Å².